The van der Waals surface area contributed by atoms with E-state index in [1.807, 2.05) is 0 Å². The van der Waals surface area contributed by atoms with E-state index in [2.05, 4.69) is 63.8 Å². The normalized spacial score (nSPS) is 21.9. The zero-order chi connectivity index (χ0) is 15.8. The number of carbonyl (C=O) groups excluding carboxylic acids is 1. The Morgan fingerprint density at radius 1 is 1.33 bits per heavy atom. The number of nitrogens with zero attached hydrogens (tertiary/aromatic N) is 1. The molecule has 0 N–H and O–H groups in total. The molecule has 0 fully saturated rings. The fraction of sp³-hybridized carbons (Fsp3) is 0.611. The summed E-state index contributed by atoms with van der Waals surface area (Å²) < 4.78 is 5.08. The lowest BCUT2D eigenvalue weighted by molar-refractivity contribution is -0.143. The molecule has 2 rings (SSSR count). The van der Waals surface area contributed by atoms with E-state index < -0.39 is 0 Å². The van der Waals surface area contributed by atoms with Gasteiger partial charge in [0.1, 0.15) is 6.04 Å². The minimum atomic E-state index is -0.251. The van der Waals surface area contributed by atoms with E-state index >= 15 is 0 Å². The lowest BCUT2D eigenvalue weighted by Gasteiger charge is -2.51. The molecule has 1 aliphatic heterocycles. The first kappa shape index (κ1) is 15.9. The minimum Gasteiger partial charge on any atom is -0.467 e. The topological polar surface area (TPSA) is 29.5 Å². The number of hydrogen-bond donors (Lipinski definition) is 0. The van der Waals surface area contributed by atoms with E-state index in [9.17, 15) is 4.79 Å². The molecule has 0 radical (unpaired) electrons. The van der Waals surface area contributed by atoms with Gasteiger partial charge in [-0.15, -0.1) is 0 Å². The average Bonchev–Trinajstić information content (AvgIpc) is 2.41. The first-order valence-electron chi connectivity index (χ1n) is 7.75. The number of anilines is 1. The van der Waals surface area contributed by atoms with Crippen LogP contribution in [0.2, 0.25) is 0 Å². The van der Waals surface area contributed by atoms with Gasteiger partial charge in [0.25, 0.3) is 0 Å². The number of fused-ring (bicyclic) bond motifs is 1. The summed E-state index contributed by atoms with van der Waals surface area (Å²) in [7, 11) is 1.48. The smallest absolute Gasteiger partial charge is 0.328 e. The van der Waals surface area contributed by atoms with E-state index in [1.54, 1.807) is 0 Å². The SMILES string of the molecule is COC(=O)C(C(C)C)N1c2ccccc2C(C)CC1(C)C. The van der Waals surface area contributed by atoms with E-state index in [4.69, 9.17) is 4.74 Å². The molecule has 1 heterocycles. The van der Waals surface area contributed by atoms with Crippen molar-refractivity contribution in [2.24, 2.45) is 5.92 Å². The Labute approximate surface area is 128 Å². The first-order valence-corrected chi connectivity index (χ1v) is 7.75. The molecule has 0 saturated heterocycles. The number of para-hydroxylation sites is 1. The Bertz CT molecular complexity index is 522. The number of esters is 1. The van der Waals surface area contributed by atoms with Crippen molar-refractivity contribution < 1.29 is 9.53 Å². The van der Waals surface area contributed by atoms with Gasteiger partial charge < -0.3 is 9.64 Å². The van der Waals surface area contributed by atoms with Crippen LogP contribution in [-0.4, -0.2) is 24.7 Å². The summed E-state index contributed by atoms with van der Waals surface area (Å²) in [6.07, 6.45) is 1.03. The zero-order valence-corrected chi connectivity index (χ0v) is 14.0. The molecule has 0 spiro atoms. The molecule has 1 aromatic rings. The standard InChI is InChI=1S/C18H27NO2/c1-12(2)16(17(20)21-6)19-15-10-8-7-9-14(15)13(3)11-18(19,4)5/h7-10,12-13,16H,11H2,1-6H3. The highest BCUT2D eigenvalue weighted by Gasteiger charge is 2.43. The molecular formula is C18H27NO2. The van der Waals surface area contributed by atoms with Crippen molar-refractivity contribution >= 4 is 11.7 Å². The van der Waals surface area contributed by atoms with E-state index in [0.717, 1.165) is 6.42 Å². The molecule has 3 heteroatoms. The average molecular weight is 289 g/mol. The van der Waals surface area contributed by atoms with Crippen LogP contribution in [0.4, 0.5) is 5.69 Å². The Morgan fingerprint density at radius 2 is 1.95 bits per heavy atom. The van der Waals surface area contributed by atoms with Crippen molar-refractivity contribution in [1.29, 1.82) is 0 Å². The monoisotopic (exact) mass is 289 g/mol. The van der Waals surface area contributed by atoms with E-state index in [0.29, 0.717) is 5.92 Å². The molecule has 0 aliphatic carbocycles. The van der Waals surface area contributed by atoms with Crippen molar-refractivity contribution in [3.8, 4) is 0 Å². The van der Waals surface area contributed by atoms with Crippen molar-refractivity contribution in [2.45, 2.75) is 58.5 Å². The molecule has 3 nitrogen and oxygen atoms in total. The second-order valence-corrected chi connectivity index (χ2v) is 7.06. The van der Waals surface area contributed by atoms with Crippen molar-refractivity contribution in [3.63, 3.8) is 0 Å². The third-order valence-electron chi connectivity index (χ3n) is 4.54. The van der Waals surface area contributed by atoms with Gasteiger partial charge in [-0.3, -0.25) is 0 Å². The van der Waals surface area contributed by atoms with Crippen molar-refractivity contribution in [1.82, 2.24) is 0 Å². The predicted molar refractivity (Wildman–Crippen MR) is 86.7 cm³/mol. The molecule has 0 amide bonds. The second-order valence-electron chi connectivity index (χ2n) is 7.06. The van der Waals surface area contributed by atoms with Crippen LogP contribution < -0.4 is 4.90 Å². The van der Waals surface area contributed by atoms with Crippen LogP contribution in [0.1, 0.15) is 52.5 Å². The Kier molecular flexibility index (Phi) is 4.31. The van der Waals surface area contributed by atoms with Gasteiger partial charge >= 0.3 is 5.97 Å². The summed E-state index contributed by atoms with van der Waals surface area (Å²) in [4.78, 5) is 14.6. The van der Waals surface area contributed by atoms with Gasteiger partial charge in [0.2, 0.25) is 0 Å². The predicted octanol–water partition coefficient (Wildman–Crippen LogP) is 3.98. The zero-order valence-electron chi connectivity index (χ0n) is 14.0. The molecule has 0 saturated carbocycles. The fourth-order valence-corrected chi connectivity index (χ4v) is 3.73. The Hall–Kier alpha value is -1.51. The number of benzene rings is 1. The summed E-state index contributed by atoms with van der Waals surface area (Å²) in [5.74, 6) is 0.540. The summed E-state index contributed by atoms with van der Waals surface area (Å²) in [5, 5.41) is 0. The summed E-state index contributed by atoms with van der Waals surface area (Å²) in [6, 6.07) is 8.18. The van der Waals surface area contributed by atoms with Crippen LogP contribution in [0, 0.1) is 5.92 Å². The highest BCUT2D eigenvalue weighted by molar-refractivity contribution is 5.82. The lowest BCUT2D eigenvalue weighted by atomic mass is 9.78. The van der Waals surface area contributed by atoms with E-state index in [-0.39, 0.29) is 23.5 Å². The number of carbonyl (C=O) groups is 1. The highest BCUT2D eigenvalue weighted by Crippen LogP contribution is 2.45. The number of methoxy groups -OCH3 is 1. The first-order chi connectivity index (χ1) is 9.79. The van der Waals surface area contributed by atoms with Gasteiger partial charge in [0.15, 0.2) is 0 Å². The third-order valence-corrected chi connectivity index (χ3v) is 4.54. The van der Waals surface area contributed by atoms with Crippen LogP contribution in [0.5, 0.6) is 0 Å². The Morgan fingerprint density at radius 3 is 2.52 bits per heavy atom. The highest BCUT2D eigenvalue weighted by atomic mass is 16.5. The third kappa shape index (κ3) is 2.78. The maximum atomic E-state index is 12.4. The van der Waals surface area contributed by atoms with Crippen LogP contribution in [0.15, 0.2) is 24.3 Å². The molecular weight excluding hydrogens is 262 g/mol. The molecule has 1 aliphatic rings. The maximum absolute atomic E-state index is 12.4. The summed E-state index contributed by atoms with van der Waals surface area (Å²) in [6.45, 7) is 10.9. The quantitative estimate of drug-likeness (QED) is 0.788. The van der Waals surface area contributed by atoms with Crippen LogP contribution >= 0.6 is 0 Å². The van der Waals surface area contributed by atoms with Crippen molar-refractivity contribution in [2.75, 3.05) is 12.0 Å². The lowest BCUT2D eigenvalue weighted by Crippen LogP contribution is -2.58. The molecule has 2 unspecified atom stereocenters. The molecule has 0 bridgehead atoms. The van der Waals surface area contributed by atoms with Crippen molar-refractivity contribution in [3.05, 3.63) is 29.8 Å². The summed E-state index contributed by atoms with van der Waals surface area (Å²) >= 11 is 0. The maximum Gasteiger partial charge on any atom is 0.328 e. The van der Waals surface area contributed by atoms with Gasteiger partial charge in [0.05, 0.1) is 7.11 Å². The number of rotatable bonds is 3. The van der Waals surface area contributed by atoms with Gasteiger partial charge in [-0.05, 0) is 43.7 Å². The van der Waals surface area contributed by atoms with Crippen LogP contribution in [0.25, 0.3) is 0 Å². The molecule has 0 aromatic heterocycles. The molecule has 2 atom stereocenters. The largest absolute Gasteiger partial charge is 0.467 e. The van der Waals surface area contributed by atoms with Gasteiger partial charge in [-0.1, -0.05) is 39.0 Å². The minimum absolute atomic E-state index is 0.0725. The molecule has 21 heavy (non-hydrogen) atoms. The van der Waals surface area contributed by atoms with Crippen LogP contribution in [-0.2, 0) is 9.53 Å². The molecule has 116 valence electrons. The van der Waals surface area contributed by atoms with E-state index in [1.165, 1.54) is 18.4 Å². The summed E-state index contributed by atoms with van der Waals surface area (Å²) in [5.41, 5.74) is 2.42. The fourth-order valence-electron chi connectivity index (χ4n) is 3.73. The molecule has 1 aromatic carbocycles. The van der Waals surface area contributed by atoms with Gasteiger partial charge in [-0.25, -0.2) is 4.79 Å². The van der Waals surface area contributed by atoms with Crippen LogP contribution in [0.3, 0.4) is 0 Å². The van der Waals surface area contributed by atoms with Gasteiger partial charge in [-0.2, -0.15) is 0 Å². The Balaban J connectivity index is 2.58. The number of ether oxygens (including phenoxy) is 1. The number of hydrogen-bond acceptors (Lipinski definition) is 3. The van der Waals surface area contributed by atoms with Gasteiger partial charge in [0, 0.05) is 11.2 Å². The second kappa shape index (κ2) is 5.70.